The number of benzene rings is 2. The maximum atomic E-state index is 12.8. The van der Waals surface area contributed by atoms with Crippen molar-refractivity contribution in [3.8, 4) is 0 Å². The summed E-state index contributed by atoms with van der Waals surface area (Å²) in [6, 6.07) is 12.5. The van der Waals surface area contributed by atoms with Gasteiger partial charge < -0.3 is 10.5 Å². The number of ether oxygens (including phenoxy) is 1. The fraction of sp³-hybridized carbons (Fsp3) is 0.273. The third-order valence-corrected chi connectivity index (χ3v) is 4.51. The number of carbonyl (C=O) groups excluding carboxylic acids is 2. The monoisotopic (exact) mass is 393 g/mol. The summed E-state index contributed by atoms with van der Waals surface area (Å²) in [6.45, 7) is 5.03. The first kappa shape index (κ1) is 20.3. The van der Waals surface area contributed by atoms with Crippen LogP contribution in [-0.2, 0) is 22.7 Å². The molecule has 2 aromatic carbocycles. The zero-order chi connectivity index (χ0) is 21.2. The summed E-state index contributed by atoms with van der Waals surface area (Å²) in [7, 11) is 0. The molecule has 150 valence electrons. The number of rotatable bonds is 5. The van der Waals surface area contributed by atoms with Gasteiger partial charge in [-0.3, -0.25) is 19.0 Å². The molecule has 0 aliphatic heterocycles. The van der Waals surface area contributed by atoms with Crippen molar-refractivity contribution in [2.45, 2.75) is 33.9 Å². The predicted molar refractivity (Wildman–Crippen MR) is 109 cm³/mol. The number of nitrogens with two attached hydrogens (primary N) is 1. The van der Waals surface area contributed by atoms with E-state index in [1.165, 1.54) is 10.9 Å². The van der Waals surface area contributed by atoms with Crippen LogP contribution in [0.5, 0.6) is 0 Å². The predicted octanol–water partition coefficient (Wildman–Crippen LogP) is 2.63. The first-order valence-corrected chi connectivity index (χ1v) is 9.20. The van der Waals surface area contributed by atoms with Crippen LogP contribution in [0, 0.1) is 5.41 Å². The van der Waals surface area contributed by atoms with Crippen LogP contribution in [0.15, 0.2) is 53.6 Å². The van der Waals surface area contributed by atoms with E-state index in [1.54, 1.807) is 45.0 Å². The molecule has 3 aromatic rings. The molecule has 0 saturated heterocycles. The molecule has 2 N–H and O–H groups in total. The minimum absolute atomic E-state index is 0.202. The van der Waals surface area contributed by atoms with Gasteiger partial charge in [0.1, 0.15) is 6.33 Å². The number of aromatic nitrogens is 2. The molecule has 0 radical (unpaired) electrons. The zero-order valence-corrected chi connectivity index (χ0v) is 16.6. The van der Waals surface area contributed by atoms with Gasteiger partial charge in [0.2, 0.25) is 5.91 Å². The Morgan fingerprint density at radius 1 is 1.14 bits per heavy atom. The standard InChI is InChI=1S/C22H23N3O4/c1-22(2,3)21(28)29-13-25-12-24-18-9-8-14(11-17(18)20(25)27)10-15-6-4-5-7-16(15)19(23)26/h4-9,11-12H,10,13H2,1-3H3,(H2,23,26). The van der Waals surface area contributed by atoms with E-state index >= 15 is 0 Å². The van der Waals surface area contributed by atoms with E-state index in [2.05, 4.69) is 4.98 Å². The SMILES string of the molecule is CC(C)(C)C(=O)OCn1cnc2ccc(Cc3ccccc3C(N)=O)cc2c1=O. The highest BCUT2D eigenvalue weighted by Gasteiger charge is 2.23. The Morgan fingerprint density at radius 2 is 1.86 bits per heavy atom. The lowest BCUT2D eigenvalue weighted by Crippen LogP contribution is -2.28. The molecule has 1 aromatic heterocycles. The van der Waals surface area contributed by atoms with E-state index in [4.69, 9.17) is 10.5 Å². The molecule has 1 heterocycles. The van der Waals surface area contributed by atoms with Crippen molar-refractivity contribution in [3.63, 3.8) is 0 Å². The van der Waals surface area contributed by atoms with Crippen LogP contribution >= 0.6 is 0 Å². The number of esters is 1. The first-order chi connectivity index (χ1) is 13.7. The minimum atomic E-state index is -0.658. The molecule has 0 aliphatic rings. The highest BCUT2D eigenvalue weighted by atomic mass is 16.5. The Hall–Kier alpha value is -3.48. The molecule has 1 amide bonds. The zero-order valence-electron chi connectivity index (χ0n) is 16.6. The van der Waals surface area contributed by atoms with Gasteiger partial charge in [0, 0.05) is 5.56 Å². The third-order valence-electron chi connectivity index (χ3n) is 4.51. The van der Waals surface area contributed by atoms with Crippen LogP contribution in [0.25, 0.3) is 10.9 Å². The average Bonchev–Trinajstić information content (AvgIpc) is 2.67. The quantitative estimate of drug-likeness (QED) is 0.671. The number of hydrogen-bond donors (Lipinski definition) is 1. The van der Waals surface area contributed by atoms with Crippen LogP contribution in [0.1, 0.15) is 42.3 Å². The van der Waals surface area contributed by atoms with E-state index in [9.17, 15) is 14.4 Å². The molecule has 0 unspecified atom stereocenters. The van der Waals surface area contributed by atoms with Gasteiger partial charge >= 0.3 is 5.97 Å². The minimum Gasteiger partial charge on any atom is -0.443 e. The van der Waals surface area contributed by atoms with Crippen molar-refractivity contribution in [1.29, 1.82) is 0 Å². The second-order valence-corrected chi connectivity index (χ2v) is 7.88. The number of nitrogens with zero attached hydrogens (tertiary/aromatic N) is 2. The topological polar surface area (TPSA) is 104 Å². The van der Waals surface area contributed by atoms with Crippen molar-refractivity contribution in [1.82, 2.24) is 9.55 Å². The van der Waals surface area contributed by atoms with E-state index in [1.807, 2.05) is 18.2 Å². The average molecular weight is 393 g/mol. The lowest BCUT2D eigenvalue weighted by Gasteiger charge is -2.17. The van der Waals surface area contributed by atoms with Crippen LogP contribution in [0.3, 0.4) is 0 Å². The van der Waals surface area contributed by atoms with Gasteiger partial charge in [0.05, 0.1) is 16.3 Å². The maximum Gasteiger partial charge on any atom is 0.312 e. The summed E-state index contributed by atoms with van der Waals surface area (Å²) in [4.78, 5) is 40.7. The van der Waals surface area contributed by atoms with Gasteiger partial charge in [-0.1, -0.05) is 24.3 Å². The van der Waals surface area contributed by atoms with E-state index in [0.717, 1.165) is 11.1 Å². The number of hydrogen-bond acceptors (Lipinski definition) is 5. The summed E-state index contributed by atoms with van der Waals surface area (Å²) in [5, 5.41) is 0.411. The molecule has 0 saturated carbocycles. The molecular weight excluding hydrogens is 370 g/mol. The molecule has 29 heavy (non-hydrogen) atoms. The summed E-state index contributed by atoms with van der Waals surface area (Å²) in [6.07, 6.45) is 1.81. The van der Waals surface area contributed by atoms with Crippen LogP contribution in [-0.4, -0.2) is 21.4 Å². The molecule has 7 nitrogen and oxygen atoms in total. The van der Waals surface area contributed by atoms with Crippen molar-refractivity contribution in [2.75, 3.05) is 0 Å². The molecule has 3 rings (SSSR count). The lowest BCUT2D eigenvalue weighted by molar-refractivity contribution is -0.157. The van der Waals surface area contributed by atoms with Crippen LogP contribution in [0.2, 0.25) is 0 Å². The highest BCUT2D eigenvalue weighted by molar-refractivity contribution is 5.94. The summed E-state index contributed by atoms with van der Waals surface area (Å²) < 4.78 is 6.48. The summed E-state index contributed by atoms with van der Waals surface area (Å²) in [5.41, 5.74) is 7.10. The largest absolute Gasteiger partial charge is 0.443 e. The van der Waals surface area contributed by atoms with Gasteiger partial charge in [-0.05, 0) is 56.5 Å². The maximum absolute atomic E-state index is 12.8. The smallest absolute Gasteiger partial charge is 0.312 e. The fourth-order valence-electron chi connectivity index (χ4n) is 2.89. The number of carbonyl (C=O) groups is 2. The van der Waals surface area contributed by atoms with Crippen molar-refractivity contribution in [3.05, 3.63) is 75.8 Å². The molecule has 0 fully saturated rings. The van der Waals surface area contributed by atoms with Crippen molar-refractivity contribution in [2.24, 2.45) is 11.1 Å². The van der Waals surface area contributed by atoms with Gasteiger partial charge in [-0.25, -0.2) is 4.98 Å². The Labute approximate surface area is 168 Å². The fourth-order valence-corrected chi connectivity index (χ4v) is 2.89. The molecule has 0 aliphatic carbocycles. The van der Waals surface area contributed by atoms with Crippen molar-refractivity contribution >= 4 is 22.8 Å². The molecular formula is C22H23N3O4. The van der Waals surface area contributed by atoms with E-state index < -0.39 is 17.3 Å². The normalized spacial score (nSPS) is 11.4. The Balaban J connectivity index is 1.91. The number of fused-ring (bicyclic) bond motifs is 1. The summed E-state index contributed by atoms with van der Waals surface area (Å²) in [5.74, 6) is -0.896. The first-order valence-electron chi connectivity index (χ1n) is 9.20. The van der Waals surface area contributed by atoms with Crippen LogP contribution in [0.4, 0.5) is 0 Å². The van der Waals surface area contributed by atoms with Crippen molar-refractivity contribution < 1.29 is 14.3 Å². The lowest BCUT2D eigenvalue weighted by atomic mass is 9.98. The van der Waals surface area contributed by atoms with Gasteiger partial charge in [-0.2, -0.15) is 0 Å². The van der Waals surface area contributed by atoms with Gasteiger partial charge in [0.15, 0.2) is 6.73 Å². The number of primary amides is 1. The van der Waals surface area contributed by atoms with Gasteiger partial charge in [0.25, 0.3) is 5.56 Å². The van der Waals surface area contributed by atoms with Gasteiger partial charge in [-0.15, -0.1) is 0 Å². The molecule has 7 heteroatoms. The molecule has 0 spiro atoms. The van der Waals surface area contributed by atoms with E-state index in [0.29, 0.717) is 22.9 Å². The number of amides is 1. The Morgan fingerprint density at radius 3 is 2.55 bits per heavy atom. The third kappa shape index (κ3) is 4.51. The van der Waals surface area contributed by atoms with Crippen LogP contribution < -0.4 is 11.3 Å². The second kappa shape index (κ2) is 7.87. The highest BCUT2D eigenvalue weighted by Crippen LogP contribution is 2.18. The molecule has 0 bridgehead atoms. The Kier molecular flexibility index (Phi) is 5.50. The molecule has 0 atom stereocenters. The van der Waals surface area contributed by atoms with E-state index in [-0.39, 0.29) is 12.3 Å². The second-order valence-electron chi connectivity index (χ2n) is 7.88. The summed E-state index contributed by atoms with van der Waals surface area (Å²) >= 11 is 0. The Bertz CT molecular complexity index is 1140.